The third-order valence-corrected chi connectivity index (χ3v) is 4.11. The summed E-state index contributed by atoms with van der Waals surface area (Å²) in [4.78, 5) is 3.24. The summed E-state index contributed by atoms with van der Waals surface area (Å²) in [7, 11) is 0. The summed E-state index contributed by atoms with van der Waals surface area (Å²) in [5, 5.41) is 0. The van der Waals surface area contributed by atoms with Gasteiger partial charge in [-0.3, -0.25) is 0 Å². The molecule has 1 saturated carbocycles. The number of rotatable bonds is 1. The van der Waals surface area contributed by atoms with Gasteiger partial charge in [0.15, 0.2) is 4.77 Å². The lowest BCUT2D eigenvalue weighted by Crippen LogP contribution is -2.35. The van der Waals surface area contributed by atoms with Gasteiger partial charge in [0.2, 0.25) is 0 Å². The Morgan fingerprint density at radius 2 is 1.76 bits per heavy atom. The smallest absolute Gasteiger partial charge is 0.177 e. The quantitative estimate of drug-likeness (QED) is 0.723. The molecule has 0 bridgehead atoms. The highest BCUT2D eigenvalue weighted by atomic mass is 32.1. The van der Waals surface area contributed by atoms with Gasteiger partial charge >= 0.3 is 0 Å². The Kier molecular flexibility index (Phi) is 3.01. The summed E-state index contributed by atoms with van der Waals surface area (Å²) in [6.07, 6.45) is 5.92. The van der Waals surface area contributed by atoms with Crippen LogP contribution < -0.4 is 0 Å². The normalized spacial score (nSPS) is 23.8. The number of nitrogens with one attached hydrogen (secondary N) is 1. The molecule has 0 radical (unpaired) electrons. The van der Waals surface area contributed by atoms with E-state index in [-0.39, 0.29) is 0 Å². The minimum atomic E-state index is 0.409. The monoisotopic (exact) mass is 252 g/mol. The van der Waals surface area contributed by atoms with Crippen molar-refractivity contribution < 1.29 is 0 Å². The van der Waals surface area contributed by atoms with Gasteiger partial charge < -0.3 is 9.55 Å². The molecule has 0 unspecified atom stereocenters. The molecule has 0 atom stereocenters. The second-order valence-electron chi connectivity index (χ2n) is 7.22. The van der Waals surface area contributed by atoms with Gasteiger partial charge in [0, 0.05) is 17.9 Å². The molecule has 0 saturated heterocycles. The summed E-state index contributed by atoms with van der Waals surface area (Å²) in [5.74, 6) is 0. The molecule has 0 aliphatic heterocycles. The van der Waals surface area contributed by atoms with Crippen molar-refractivity contribution in [2.45, 2.75) is 59.9 Å². The van der Waals surface area contributed by atoms with Crippen molar-refractivity contribution in [1.29, 1.82) is 0 Å². The van der Waals surface area contributed by atoms with Crippen LogP contribution in [0.15, 0.2) is 6.20 Å². The summed E-state index contributed by atoms with van der Waals surface area (Å²) in [5.41, 5.74) is 1.98. The van der Waals surface area contributed by atoms with Crippen molar-refractivity contribution in [2.24, 2.45) is 10.8 Å². The maximum Gasteiger partial charge on any atom is 0.177 e. The predicted octanol–water partition coefficient (Wildman–Crippen LogP) is 4.63. The molecule has 1 aliphatic rings. The fraction of sp³-hybridized carbons (Fsp3) is 0.786. The second kappa shape index (κ2) is 3.98. The fourth-order valence-electron chi connectivity index (χ4n) is 3.79. The van der Waals surface area contributed by atoms with Gasteiger partial charge in [-0.25, -0.2) is 0 Å². The molecular formula is C14H24N2S. The van der Waals surface area contributed by atoms with Gasteiger partial charge in [0.25, 0.3) is 0 Å². The maximum absolute atomic E-state index is 5.41. The van der Waals surface area contributed by atoms with Crippen LogP contribution in [0, 0.1) is 22.5 Å². The summed E-state index contributed by atoms with van der Waals surface area (Å²) >= 11 is 5.41. The van der Waals surface area contributed by atoms with Crippen LogP contribution in [-0.2, 0) is 0 Å². The van der Waals surface area contributed by atoms with E-state index >= 15 is 0 Å². The Hall–Kier alpha value is -0.570. The predicted molar refractivity (Wildman–Crippen MR) is 74.8 cm³/mol. The first kappa shape index (κ1) is 12.9. The summed E-state index contributed by atoms with van der Waals surface area (Å²) in [6, 6.07) is 0.547. The Bertz CT molecular complexity index is 449. The van der Waals surface area contributed by atoms with Crippen molar-refractivity contribution in [3.8, 4) is 0 Å². The molecule has 0 aromatic carbocycles. The van der Waals surface area contributed by atoms with Crippen LogP contribution >= 0.6 is 12.2 Å². The topological polar surface area (TPSA) is 20.7 Å². The van der Waals surface area contributed by atoms with Gasteiger partial charge in [-0.1, -0.05) is 27.7 Å². The Labute approximate surface area is 109 Å². The second-order valence-corrected chi connectivity index (χ2v) is 7.60. The first-order valence-electron chi connectivity index (χ1n) is 6.46. The zero-order valence-electron chi connectivity index (χ0n) is 11.6. The molecule has 2 nitrogen and oxygen atoms in total. The number of aromatic nitrogens is 2. The Balaban J connectivity index is 2.33. The highest BCUT2D eigenvalue weighted by Crippen LogP contribution is 2.50. The molecule has 2 rings (SSSR count). The van der Waals surface area contributed by atoms with E-state index in [9.17, 15) is 0 Å². The molecule has 1 N–H and O–H groups in total. The largest absolute Gasteiger partial charge is 0.335 e. The van der Waals surface area contributed by atoms with Crippen molar-refractivity contribution in [3.05, 3.63) is 16.7 Å². The first-order chi connectivity index (χ1) is 7.69. The number of aromatic amines is 1. The lowest BCUT2D eigenvalue weighted by molar-refractivity contribution is 0.0717. The molecule has 1 aromatic heterocycles. The lowest BCUT2D eigenvalue weighted by Gasteiger charge is -2.45. The summed E-state index contributed by atoms with van der Waals surface area (Å²) in [6.45, 7) is 11.6. The average Bonchev–Trinajstić information content (AvgIpc) is 2.39. The van der Waals surface area contributed by atoms with E-state index in [4.69, 9.17) is 12.2 Å². The van der Waals surface area contributed by atoms with Gasteiger partial charge in [-0.05, 0) is 49.2 Å². The van der Waals surface area contributed by atoms with E-state index in [1.807, 2.05) is 0 Å². The molecule has 1 aliphatic carbocycles. The van der Waals surface area contributed by atoms with E-state index in [0.717, 1.165) is 10.5 Å². The Morgan fingerprint density at radius 1 is 1.24 bits per heavy atom. The van der Waals surface area contributed by atoms with Crippen LogP contribution in [0.1, 0.15) is 58.7 Å². The molecule has 0 amide bonds. The minimum Gasteiger partial charge on any atom is -0.335 e. The van der Waals surface area contributed by atoms with E-state index in [1.165, 1.54) is 19.3 Å². The first-order valence-corrected chi connectivity index (χ1v) is 6.87. The van der Waals surface area contributed by atoms with Crippen molar-refractivity contribution >= 4 is 12.2 Å². The highest BCUT2D eigenvalue weighted by Gasteiger charge is 2.39. The van der Waals surface area contributed by atoms with E-state index < -0.39 is 0 Å². The van der Waals surface area contributed by atoms with Gasteiger partial charge in [0.1, 0.15) is 0 Å². The van der Waals surface area contributed by atoms with E-state index in [1.54, 1.807) is 0 Å². The molecule has 3 heteroatoms. The number of hydrogen-bond acceptors (Lipinski definition) is 1. The fourth-order valence-corrected chi connectivity index (χ4v) is 4.15. The number of hydrogen-bond donors (Lipinski definition) is 1. The molecule has 1 fully saturated rings. The van der Waals surface area contributed by atoms with Crippen LogP contribution in [0.2, 0.25) is 0 Å². The SMILES string of the molecule is Cc1cn(C2CC(C)(C)CC(C)(C)C2)c(=S)[nH]1. The number of imidazole rings is 1. The number of aryl methyl sites for hydroxylation is 1. The minimum absolute atomic E-state index is 0.409. The van der Waals surface area contributed by atoms with Crippen molar-refractivity contribution in [3.63, 3.8) is 0 Å². The van der Waals surface area contributed by atoms with Crippen LogP contribution in [0.4, 0.5) is 0 Å². The molecule has 96 valence electrons. The maximum atomic E-state index is 5.41. The molecule has 1 aromatic rings. The highest BCUT2D eigenvalue weighted by molar-refractivity contribution is 7.71. The third-order valence-electron chi connectivity index (χ3n) is 3.80. The number of H-pyrrole nitrogens is 1. The van der Waals surface area contributed by atoms with E-state index in [2.05, 4.69) is 50.4 Å². The van der Waals surface area contributed by atoms with E-state index in [0.29, 0.717) is 16.9 Å². The average molecular weight is 252 g/mol. The molecular weight excluding hydrogens is 228 g/mol. The van der Waals surface area contributed by atoms with Crippen LogP contribution in [0.3, 0.4) is 0 Å². The standard InChI is InChI=1S/C14H24N2S/c1-10-8-16(12(17)15-10)11-6-13(2,3)9-14(4,5)7-11/h8,11H,6-7,9H2,1-5H3,(H,15,17). The molecule has 1 heterocycles. The van der Waals surface area contributed by atoms with Gasteiger partial charge in [-0.15, -0.1) is 0 Å². The van der Waals surface area contributed by atoms with Gasteiger partial charge in [0.05, 0.1) is 0 Å². The Morgan fingerprint density at radius 3 is 2.18 bits per heavy atom. The molecule has 17 heavy (non-hydrogen) atoms. The zero-order valence-corrected chi connectivity index (χ0v) is 12.4. The molecule has 0 spiro atoms. The third kappa shape index (κ3) is 2.82. The van der Waals surface area contributed by atoms with Crippen LogP contribution in [0.25, 0.3) is 0 Å². The number of nitrogens with zero attached hydrogens (tertiary/aromatic N) is 1. The van der Waals surface area contributed by atoms with Crippen LogP contribution in [-0.4, -0.2) is 9.55 Å². The van der Waals surface area contributed by atoms with Crippen molar-refractivity contribution in [2.75, 3.05) is 0 Å². The van der Waals surface area contributed by atoms with Crippen molar-refractivity contribution in [1.82, 2.24) is 9.55 Å². The zero-order chi connectivity index (χ0) is 12.8. The summed E-state index contributed by atoms with van der Waals surface area (Å²) < 4.78 is 3.15. The lowest BCUT2D eigenvalue weighted by atomic mass is 9.63. The van der Waals surface area contributed by atoms with Gasteiger partial charge in [-0.2, -0.15) is 0 Å². The van der Waals surface area contributed by atoms with Crippen LogP contribution in [0.5, 0.6) is 0 Å².